The van der Waals surface area contributed by atoms with Gasteiger partial charge in [-0.25, -0.2) is 23.7 Å². The van der Waals surface area contributed by atoms with Crippen molar-refractivity contribution in [1.82, 2.24) is 15.0 Å². The van der Waals surface area contributed by atoms with Gasteiger partial charge in [0.1, 0.15) is 11.6 Å². The van der Waals surface area contributed by atoms with E-state index in [0.29, 0.717) is 17.5 Å². The number of pyridine rings is 1. The van der Waals surface area contributed by atoms with Crippen LogP contribution in [0.5, 0.6) is 5.75 Å². The highest BCUT2D eigenvalue weighted by Gasteiger charge is 2.38. The lowest BCUT2D eigenvalue weighted by Gasteiger charge is -2.26. The number of alkyl halides is 2. The van der Waals surface area contributed by atoms with Crippen molar-refractivity contribution in [2.75, 3.05) is 24.3 Å². The summed E-state index contributed by atoms with van der Waals surface area (Å²) in [5.74, 6) is -1.53. The number of fused-ring (bicyclic) bond motifs is 3. The van der Waals surface area contributed by atoms with E-state index in [4.69, 9.17) is 4.74 Å². The Labute approximate surface area is 206 Å². The van der Waals surface area contributed by atoms with Gasteiger partial charge >= 0.3 is 0 Å². The molecule has 180 valence electrons. The van der Waals surface area contributed by atoms with Crippen molar-refractivity contribution < 1.29 is 13.5 Å². The van der Waals surface area contributed by atoms with Gasteiger partial charge in [-0.15, -0.1) is 0 Å². The first-order valence-electron chi connectivity index (χ1n) is 11.7. The molecule has 0 bridgehead atoms. The lowest BCUT2D eigenvalue weighted by Crippen LogP contribution is -2.24. The molecule has 3 heterocycles. The van der Waals surface area contributed by atoms with E-state index in [9.17, 15) is 8.78 Å². The zero-order valence-electron chi connectivity index (χ0n) is 19.8. The first-order valence-corrected chi connectivity index (χ1v) is 11.7. The number of nitrogens with one attached hydrogen (secondary N) is 2. The van der Waals surface area contributed by atoms with E-state index in [1.165, 1.54) is 6.07 Å². The monoisotopic (exact) mass is 483 g/mol. The molecule has 8 heteroatoms. The van der Waals surface area contributed by atoms with Crippen LogP contribution in [0.25, 0.3) is 32.8 Å². The maximum Gasteiger partial charge on any atom is 0.280 e. The fourth-order valence-corrected chi connectivity index (χ4v) is 4.74. The van der Waals surface area contributed by atoms with Gasteiger partial charge in [-0.1, -0.05) is 18.2 Å². The van der Waals surface area contributed by atoms with Crippen LogP contribution in [0.4, 0.5) is 26.2 Å². The predicted molar refractivity (Wildman–Crippen MR) is 138 cm³/mol. The molecule has 0 saturated heterocycles. The molecule has 0 aliphatic carbocycles. The summed E-state index contributed by atoms with van der Waals surface area (Å²) >= 11 is 0. The van der Waals surface area contributed by atoms with E-state index in [-0.39, 0.29) is 24.3 Å². The summed E-state index contributed by atoms with van der Waals surface area (Å²) in [6.07, 6.45) is 3.21. The molecule has 0 saturated carbocycles. The summed E-state index contributed by atoms with van der Waals surface area (Å²) in [7, 11) is 1.79. The van der Waals surface area contributed by atoms with E-state index >= 15 is 0 Å². The van der Waals surface area contributed by atoms with Gasteiger partial charge in [0.15, 0.2) is 0 Å². The molecular formula is C28H23F2N5O. The van der Waals surface area contributed by atoms with Gasteiger partial charge in [0.05, 0.1) is 24.1 Å². The second-order valence-corrected chi connectivity index (χ2v) is 8.87. The van der Waals surface area contributed by atoms with Crippen molar-refractivity contribution in [3.63, 3.8) is 0 Å². The number of aryl methyl sites for hydroxylation is 1. The van der Waals surface area contributed by atoms with Crippen LogP contribution in [0.1, 0.15) is 17.5 Å². The molecule has 5 aromatic rings. The Bertz CT molecular complexity index is 1640. The minimum atomic E-state index is -2.92. The number of anilines is 3. The smallest absolute Gasteiger partial charge is 0.280 e. The van der Waals surface area contributed by atoms with Crippen LogP contribution in [0.15, 0.2) is 67.0 Å². The quantitative estimate of drug-likeness (QED) is 0.293. The molecule has 2 N–H and O–H groups in total. The van der Waals surface area contributed by atoms with Crippen molar-refractivity contribution in [1.29, 1.82) is 0 Å². The molecule has 0 fully saturated rings. The number of rotatable bonds is 4. The van der Waals surface area contributed by atoms with E-state index < -0.39 is 5.92 Å². The standard InChI is InChI=1S/C28H23F2N5O/c1-16-3-6-21-20(25(16)17-4-7-23-18(13-17)15-33-27(31-2)35-23)9-11-32-26(21)34-19-5-8-24-22(14-19)28(29,30)10-12-36-24/h3-9,11,13-15H,10,12H2,1-2H3,(H,32,34)(H,31,33,35). The van der Waals surface area contributed by atoms with Gasteiger partial charge in [-0.3, -0.25) is 0 Å². The molecule has 36 heavy (non-hydrogen) atoms. The largest absolute Gasteiger partial charge is 0.493 e. The molecule has 0 radical (unpaired) electrons. The predicted octanol–water partition coefficient (Wildman–Crippen LogP) is 6.81. The molecule has 3 aromatic carbocycles. The van der Waals surface area contributed by atoms with Crippen LogP contribution in [-0.4, -0.2) is 28.6 Å². The first-order chi connectivity index (χ1) is 17.4. The summed E-state index contributed by atoms with van der Waals surface area (Å²) in [5.41, 5.74) is 4.50. The average Bonchev–Trinajstić information content (AvgIpc) is 2.88. The van der Waals surface area contributed by atoms with Crippen LogP contribution >= 0.6 is 0 Å². The fraction of sp³-hybridized carbons (Fsp3) is 0.179. The Balaban J connectivity index is 1.44. The molecule has 0 atom stereocenters. The maximum atomic E-state index is 14.5. The van der Waals surface area contributed by atoms with Gasteiger partial charge in [-0.05, 0) is 65.4 Å². The number of ether oxygens (including phenoxy) is 1. The van der Waals surface area contributed by atoms with Crippen molar-refractivity contribution in [3.8, 4) is 16.9 Å². The van der Waals surface area contributed by atoms with E-state index in [1.807, 2.05) is 30.5 Å². The summed E-state index contributed by atoms with van der Waals surface area (Å²) < 4.78 is 34.4. The normalized spacial score (nSPS) is 14.3. The van der Waals surface area contributed by atoms with Gasteiger partial charge in [0, 0.05) is 35.9 Å². The molecule has 0 spiro atoms. The molecule has 1 aliphatic heterocycles. The highest BCUT2D eigenvalue weighted by atomic mass is 19.3. The van der Waals surface area contributed by atoms with Crippen LogP contribution in [0, 0.1) is 6.92 Å². The van der Waals surface area contributed by atoms with Gasteiger partial charge in [0.2, 0.25) is 5.95 Å². The lowest BCUT2D eigenvalue weighted by molar-refractivity contribution is -0.0404. The number of hydrogen-bond donors (Lipinski definition) is 2. The SMILES string of the molecule is CNc1ncc2cc(-c3c(C)ccc4c(Nc5ccc6c(c5)C(F)(F)CCO6)nccc34)ccc2n1. The molecule has 6 nitrogen and oxygen atoms in total. The third-order valence-electron chi connectivity index (χ3n) is 6.56. The Hall–Kier alpha value is -4.33. The average molecular weight is 484 g/mol. The number of halogens is 2. The second-order valence-electron chi connectivity index (χ2n) is 8.87. The zero-order valence-corrected chi connectivity index (χ0v) is 19.8. The Kier molecular flexibility index (Phi) is 5.17. The Morgan fingerprint density at radius 1 is 0.972 bits per heavy atom. The number of aromatic nitrogens is 3. The second kappa shape index (κ2) is 8.41. The molecular weight excluding hydrogens is 460 g/mol. The maximum absolute atomic E-state index is 14.5. The number of nitrogens with zero attached hydrogens (tertiary/aromatic N) is 3. The Morgan fingerprint density at radius 2 is 1.86 bits per heavy atom. The fourth-order valence-electron chi connectivity index (χ4n) is 4.74. The summed E-state index contributed by atoms with van der Waals surface area (Å²) in [6, 6.07) is 16.9. The highest BCUT2D eigenvalue weighted by Crippen LogP contribution is 2.43. The third-order valence-corrected chi connectivity index (χ3v) is 6.56. The molecule has 0 unspecified atom stereocenters. The minimum absolute atomic E-state index is 0.0112. The van der Waals surface area contributed by atoms with Crippen LogP contribution in [-0.2, 0) is 5.92 Å². The molecule has 2 aromatic heterocycles. The molecule has 0 amide bonds. The van der Waals surface area contributed by atoms with Crippen molar-refractivity contribution in [3.05, 3.63) is 78.1 Å². The topological polar surface area (TPSA) is 72.0 Å². The minimum Gasteiger partial charge on any atom is -0.493 e. The van der Waals surface area contributed by atoms with Crippen LogP contribution in [0.2, 0.25) is 0 Å². The summed E-state index contributed by atoms with van der Waals surface area (Å²) in [6.45, 7) is 2.08. The van der Waals surface area contributed by atoms with Gasteiger partial charge in [-0.2, -0.15) is 0 Å². The van der Waals surface area contributed by atoms with Crippen LogP contribution < -0.4 is 15.4 Å². The van der Waals surface area contributed by atoms with Gasteiger partial charge < -0.3 is 15.4 Å². The van der Waals surface area contributed by atoms with E-state index in [2.05, 4.69) is 44.6 Å². The first kappa shape index (κ1) is 22.2. The van der Waals surface area contributed by atoms with Crippen LogP contribution in [0.3, 0.4) is 0 Å². The highest BCUT2D eigenvalue weighted by molar-refractivity contribution is 6.04. The summed E-state index contributed by atoms with van der Waals surface area (Å²) in [4.78, 5) is 13.4. The summed E-state index contributed by atoms with van der Waals surface area (Å²) in [5, 5.41) is 9.04. The van der Waals surface area contributed by atoms with Crippen molar-refractivity contribution in [2.45, 2.75) is 19.3 Å². The van der Waals surface area contributed by atoms with Crippen molar-refractivity contribution >= 4 is 39.1 Å². The van der Waals surface area contributed by atoms with Gasteiger partial charge in [0.25, 0.3) is 5.92 Å². The molecule has 6 rings (SSSR count). The Morgan fingerprint density at radius 3 is 2.72 bits per heavy atom. The lowest BCUT2D eigenvalue weighted by atomic mass is 9.93. The van der Waals surface area contributed by atoms with E-state index in [0.717, 1.165) is 38.4 Å². The number of hydrogen-bond acceptors (Lipinski definition) is 6. The number of benzene rings is 3. The molecule has 1 aliphatic rings. The van der Waals surface area contributed by atoms with Crippen molar-refractivity contribution in [2.24, 2.45) is 0 Å². The zero-order chi connectivity index (χ0) is 24.9. The van der Waals surface area contributed by atoms with E-state index in [1.54, 1.807) is 25.4 Å². The third kappa shape index (κ3) is 3.75.